The van der Waals surface area contributed by atoms with Crippen LogP contribution in [-0.4, -0.2) is 24.2 Å². The van der Waals surface area contributed by atoms with Gasteiger partial charge in [0.15, 0.2) is 0 Å². The molecule has 0 aliphatic heterocycles. The fourth-order valence-electron chi connectivity index (χ4n) is 2.30. The minimum Gasteiger partial charge on any atom is -0.372 e. The van der Waals surface area contributed by atoms with Gasteiger partial charge in [0.25, 0.3) is 0 Å². The molecule has 0 N–H and O–H groups in total. The largest absolute Gasteiger partial charge is 0.411 e. The molecule has 0 aromatic rings. The van der Waals surface area contributed by atoms with Crippen LogP contribution in [-0.2, 0) is 4.74 Å². The number of ether oxygens (including phenoxy) is 1. The van der Waals surface area contributed by atoms with Crippen molar-refractivity contribution in [3.8, 4) is 0 Å². The Morgan fingerprint density at radius 2 is 1.82 bits per heavy atom. The van der Waals surface area contributed by atoms with Crippen LogP contribution in [0.3, 0.4) is 0 Å². The second-order valence-corrected chi connectivity index (χ2v) is 5.90. The Balaban J connectivity index is 2.08. The van der Waals surface area contributed by atoms with E-state index in [1.54, 1.807) is 0 Å². The third kappa shape index (κ3) is 7.29. The zero-order chi connectivity index (χ0) is 12.7. The first kappa shape index (κ1) is 15.3. The Morgan fingerprint density at radius 3 is 2.53 bits per heavy atom. The smallest absolute Gasteiger partial charge is 0.372 e. The van der Waals surface area contributed by atoms with Crippen molar-refractivity contribution in [2.24, 2.45) is 5.92 Å². The number of alkyl halides is 4. The molecule has 0 bridgehead atoms. The van der Waals surface area contributed by atoms with Gasteiger partial charge in [-0.25, -0.2) is 0 Å². The fourth-order valence-corrected chi connectivity index (χ4v) is 3.15. The van der Waals surface area contributed by atoms with Crippen molar-refractivity contribution >= 4 is 15.9 Å². The van der Waals surface area contributed by atoms with Crippen molar-refractivity contribution in [1.29, 1.82) is 0 Å². The van der Waals surface area contributed by atoms with Crippen LogP contribution in [0, 0.1) is 5.92 Å². The van der Waals surface area contributed by atoms with Gasteiger partial charge in [-0.2, -0.15) is 13.2 Å². The Hall–Kier alpha value is 0.230. The molecule has 0 aromatic heterocycles. The lowest BCUT2D eigenvalue weighted by atomic mass is 9.95. The molecule has 1 saturated carbocycles. The summed E-state index contributed by atoms with van der Waals surface area (Å²) in [7, 11) is 0. The van der Waals surface area contributed by atoms with Crippen molar-refractivity contribution in [1.82, 2.24) is 0 Å². The van der Waals surface area contributed by atoms with Crippen molar-refractivity contribution in [3.05, 3.63) is 0 Å². The maximum Gasteiger partial charge on any atom is 0.411 e. The number of rotatable bonds is 5. The van der Waals surface area contributed by atoms with E-state index in [9.17, 15) is 13.2 Å². The normalized spacial score (nSPS) is 26.8. The highest BCUT2D eigenvalue weighted by Crippen LogP contribution is 2.31. The van der Waals surface area contributed by atoms with Crippen molar-refractivity contribution in [2.45, 2.75) is 55.9 Å². The molecule has 0 spiro atoms. The third-order valence-electron chi connectivity index (χ3n) is 3.20. The summed E-state index contributed by atoms with van der Waals surface area (Å²) in [5.74, 6) is 0.604. The molecule has 0 aromatic carbocycles. The van der Waals surface area contributed by atoms with Crippen molar-refractivity contribution in [2.75, 3.05) is 13.2 Å². The van der Waals surface area contributed by atoms with E-state index in [1.807, 2.05) is 0 Å². The number of hydrogen-bond acceptors (Lipinski definition) is 1. The van der Waals surface area contributed by atoms with E-state index in [4.69, 9.17) is 0 Å². The van der Waals surface area contributed by atoms with E-state index in [2.05, 4.69) is 20.7 Å². The maximum absolute atomic E-state index is 11.8. The quantitative estimate of drug-likeness (QED) is 0.406. The summed E-state index contributed by atoms with van der Waals surface area (Å²) >= 11 is 3.68. The monoisotopic (exact) mass is 316 g/mol. The Morgan fingerprint density at radius 1 is 1.12 bits per heavy atom. The standard InChI is InChI=1S/C12H20BrF3O/c13-11-7-3-1-2-5-10(11)6-4-8-17-9-12(14,15)16/h10-11H,1-9H2. The molecule has 1 aliphatic rings. The minimum absolute atomic E-state index is 0.218. The highest BCUT2D eigenvalue weighted by Gasteiger charge is 2.27. The van der Waals surface area contributed by atoms with Gasteiger partial charge in [0.1, 0.15) is 6.61 Å². The topological polar surface area (TPSA) is 9.23 Å². The number of halogens is 4. The molecule has 2 atom stereocenters. The van der Waals surface area contributed by atoms with Gasteiger partial charge in [0, 0.05) is 11.4 Å². The van der Waals surface area contributed by atoms with E-state index in [1.165, 1.54) is 32.1 Å². The van der Waals surface area contributed by atoms with Crippen LogP contribution in [0.25, 0.3) is 0 Å². The van der Waals surface area contributed by atoms with Gasteiger partial charge in [-0.15, -0.1) is 0 Å². The zero-order valence-corrected chi connectivity index (χ0v) is 11.5. The molecule has 0 heterocycles. The highest BCUT2D eigenvalue weighted by atomic mass is 79.9. The molecule has 1 nitrogen and oxygen atoms in total. The minimum atomic E-state index is -4.19. The van der Waals surface area contributed by atoms with E-state index in [0.29, 0.717) is 10.7 Å². The molecule has 0 saturated heterocycles. The first-order valence-corrected chi connectivity index (χ1v) is 7.19. The van der Waals surface area contributed by atoms with E-state index in [0.717, 1.165) is 12.8 Å². The Labute approximate surface area is 109 Å². The van der Waals surface area contributed by atoms with Crippen LogP contribution in [0.2, 0.25) is 0 Å². The van der Waals surface area contributed by atoms with Crippen LogP contribution in [0.4, 0.5) is 13.2 Å². The summed E-state index contributed by atoms with van der Waals surface area (Å²) < 4.78 is 40.1. The van der Waals surface area contributed by atoms with Gasteiger partial charge in [0.05, 0.1) is 0 Å². The predicted octanol–water partition coefficient (Wildman–Crippen LogP) is 4.69. The lowest BCUT2D eigenvalue weighted by Gasteiger charge is -2.19. The van der Waals surface area contributed by atoms with Gasteiger partial charge < -0.3 is 4.74 Å². The Kier molecular flexibility index (Phi) is 6.85. The van der Waals surface area contributed by atoms with Gasteiger partial charge >= 0.3 is 6.18 Å². The molecule has 0 amide bonds. The zero-order valence-electron chi connectivity index (χ0n) is 9.94. The highest BCUT2D eigenvalue weighted by molar-refractivity contribution is 9.09. The molecule has 5 heteroatoms. The van der Waals surface area contributed by atoms with Crippen LogP contribution in [0.1, 0.15) is 44.9 Å². The van der Waals surface area contributed by atoms with Crippen molar-refractivity contribution in [3.63, 3.8) is 0 Å². The molecular formula is C12H20BrF3O. The lowest BCUT2D eigenvalue weighted by molar-refractivity contribution is -0.174. The molecular weight excluding hydrogens is 297 g/mol. The molecule has 1 aliphatic carbocycles. The lowest BCUT2D eigenvalue weighted by Crippen LogP contribution is -2.18. The van der Waals surface area contributed by atoms with Gasteiger partial charge in [-0.05, 0) is 31.6 Å². The summed E-state index contributed by atoms with van der Waals surface area (Å²) in [6.45, 7) is -0.898. The Bertz CT molecular complexity index is 208. The molecule has 1 rings (SSSR count). The van der Waals surface area contributed by atoms with E-state index >= 15 is 0 Å². The van der Waals surface area contributed by atoms with Crippen LogP contribution >= 0.6 is 15.9 Å². The summed E-state index contributed by atoms with van der Waals surface area (Å²) in [5, 5.41) is 0. The van der Waals surface area contributed by atoms with Gasteiger partial charge in [-0.3, -0.25) is 0 Å². The molecule has 102 valence electrons. The second-order valence-electron chi connectivity index (χ2n) is 4.72. The first-order chi connectivity index (χ1) is 7.99. The summed E-state index contributed by atoms with van der Waals surface area (Å²) in [6, 6.07) is 0. The van der Waals surface area contributed by atoms with Crippen LogP contribution in [0.5, 0.6) is 0 Å². The van der Waals surface area contributed by atoms with E-state index < -0.39 is 12.8 Å². The average molecular weight is 317 g/mol. The van der Waals surface area contributed by atoms with Crippen LogP contribution < -0.4 is 0 Å². The van der Waals surface area contributed by atoms with E-state index in [-0.39, 0.29) is 6.61 Å². The van der Waals surface area contributed by atoms with Gasteiger partial charge in [0.2, 0.25) is 0 Å². The SMILES string of the molecule is FC(F)(F)COCCCC1CCCCCC1Br. The molecule has 17 heavy (non-hydrogen) atoms. The third-order valence-corrected chi connectivity index (χ3v) is 4.40. The molecule has 0 radical (unpaired) electrons. The second kappa shape index (κ2) is 7.62. The summed E-state index contributed by atoms with van der Waals surface area (Å²) in [6.07, 6.45) is 3.66. The number of hydrogen-bond donors (Lipinski definition) is 0. The summed E-state index contributed by atoms with van der Waals surface area (Å²) in [4.78, 5) is 0.535. The van der Waals surface area contributed by atoms with Crippen LogP contribution in [0.15, 0.2) is 0 Å². The van der Waals surface area contributed by atoms with Gasteiger partial charge in [-0.1, -0.05) is 35.2 Å². The predicted molar refractivity (Wildman–Crippen MR) is 65.4 cm³/mol. The maximum atomic E-state index is 11.8. The average Bonchev–Trinajstić information content (AvgIpc) is 2.42. The summed E-state index contributed by atoms with van der Waals surface area (Å²) in [5.41, 5.74) is 0. The van der Waals surface area contributed by atoms with Crippen molar-refractivity contribution < 1.29 is 17.9 Å². The fraction of sp³-hybridized carbons (Fsp3) is 1.00. The first-order valence-electron chi connectivity index (χ1n) is 6.27. The molecule has 2 unspecified atom stereocenters. The molecule has 1 fully saturated rings.